The van der Waals surface area contributed by atoms with Crippen LogP contribution in [-0.4, -0.2) is 9.55 Å². The van der Waals surface area contributed by atoms with E-state index in [1.54, 1.807) is 0 Å². The van der Waals surface area contributed by atoms with Gasteiger partial charge < -0.3 is 9.55 Å². The summed E-state index contributed by atoms with van der Waals surface area (Å²) in [6.07, 6.45) is 0. The number of hydrogen-bond acceptors (Lipinski definition) is 1. The van der Waals surface area contributed by atoms with Crippen LogP contribution in [0.3, 0.4) is 0 Å². The van der Waals surface area contributed by atoms with E-state index in [0.29, 0.717) is 0 Å². The van der Waals surface area contributed by atoms with E-state index in [2.05, 4.69) is 59.8 Å². The highest BCUT2D eigenvalue weighted by atomic mass is 32.1. The fraction of sp³-hybridized carbons (Fsp3) is 0.188. The summed E-state index contributed by atoms with van der Waals surface area (Å²) in [4.78, 5) is 3.27. The largest absolute Gasteiger partial charge is 0.331 e. The Bertz CT molecular complexity index is 783. The summed E-state index contributed by atoms with van der Waals surface area (Å²) in [6.45, 7) is 4.34. The zero-order chi connectivity index (χ0) is 13.4. The number of aromatic nitrogens is 2. The number of fused-ring (bicyclic) bond motifs is 1. The second-order valence-electron chi connectivity index (χ2n) is 4.85. The lowest BCUT2D eigenvalue weighted by Crippen LogP contribution is -2.08. The van der Waals surface area contributed by atoms with Crippen molar-refractivity contribution in [3.63, 3.8) is 0 Å². The molecule has 1 aromatic heterocycles. The van der Waals surface area contributed by atoms with Crippen molar-refractivity contribution < 1.29 is 0 Å². The molecular formula is C16H16N2S. The average Bonchev–Trinajstić information content (AvgIpc) is 2.74. The maximum atomic E-state index is 5.48. The molecule has 96 valence electrons. The first kappa shape index (κ1) is 12.2. The van der Waals surface area contributed by atoms with Gasteiger partial charge in [0.25, 0.3) is 0 Å². The quantitative estimate of drug-likeness (QED) is 0.673. The molecule has 0 radical (unpaired) electrons. The lowest BCUT2D eigenvalue weighted by molar-refractivity contribution is 0.645. The van der Waals surface area contributed by atoms with Gasteiger partial charge in [0.15, 0.2) is 4.77 Å². The summed E-state index contributed by atoms with van der Waals surface area (Å²) in [5.74, 6) is 0. The van der Waals surface area contributed by atoms with E-state index in [9.17, 15) is 0 Å². The third kappa shape index (κ3) is 2.00. The van der Waals surface area contributed by atoms with Crippen LogP contribution < -0.4 is 0 Å². The van der Waals surface area contributed by atoms with Crippen LogP contribution >= 0.6 is 12.2 Å². The van der Waals surface area contributed by atoms with Gasteiger partial charge in [0.1, 0.15) is 0 Å². The molecule has 0 amide bonds. The molecule has 0 saturated carbocycles. The highest BCUT2D eigenvalue weighted by Crippen LogP contribution is 2.26. The molecule has 1 atom stereocenters. The van der Waals surface area contributed by atoms with Crippen LogP contribution in [0.2, 0.25) is 0 Å². The molecule has 1 heterocycles. The van der Waals surface area contributed by atoms with Gasteiger partial charge >= 0.3 is 0 Å². The number of benzene rings is 2. The minimum Gasteiger partial charge on any atom is -0.331 e. The van der Waals surface area contributed by atoms with E-state index in [1.807, 2.05) is 12.1 Å². The SMILES string of the molecule is Cc1ccccc1C(C)n1c(=S)[nH]c2ccccc21. The summed E-state index contributed by atoms with van der Waals surface area (Å²) in [7, 11) is 0. The fourth-order valence-electron chi connectivity index (χ4n) is 2.65. The Balaban J connectivity index is 2.22. The molecule has 1 N–H and O–H groups in total. The van der Waals surface area contributed by atoms with Gasteiger partial charge in [-0.05, 0) is 49.3 Å². The van der Waals surface area contributed by atoms with Crippen molar-refractivity contribution in [2.24, 2.45) is 0 Å². The molecule has 0 bridgehead atoms. The van der Waals surface area contributed by atoms with Crippen LogP contribution in [0.1, 0.15) is 24.1 Å². The lowest BCUT2D eigenvalue weighted by Gasteiger charge is -2.17. The number of H-pyrrole nitrogens is 1. The van der Waals surface area contributed by atoms with E-state index in [4.69, 9.17) is 12.2 Å². The monoisotopic (exact) mass is 268 g/mol. The van der Waals surface area contributed by atoms with Crippen LogP contribution in [0.15, 0.2) is 48.5 Å². The highest BCUT2D eigenvalue weighted by molar-refractivity contribution is 7.71. The van der Waals surface area contributed by atoms with E-state index in [1.165, 1.54) is 11.1 Å². The van der Waals surface area contributed by atoms with Crippen molar-refractivity contribution in [2.75, 3.05) is 0 Å². The summed E-state index contributed by atoms with van der Waals surface area (Å²) in [6, 6.07) is 16.9. The molecule has 0 aliphatic heterocycles. The molecule has 0 aliphatic carbocycles. The summed E-state index contributed by atoms with van der Waals surface area (Å²) in [5.41, 5.74) is 4.85. The van der Waals surface area contributed by atoms with Gasteiger partial charge in [-0.15, -0.1) is 0 Å². The number of para-hydroxylation sites is 2. The molecular weight excluding hydrogens is 252 g/mol. The van der Waals surface area contributed by atoms with Gasteiger partial charge in [-0.3, -0.25) is 0 Å². The van der Waals surface area contributed by atoms with Gasteiger partial charge in [-0.2, -0.15) is 0 Å². The van der Waals surface area contributed by atoms with E-state index >= 15 is 0 Å². The first-order valence-corrected chi connectivity index (χ1v) is 6.84. The molecule has 19 heavy (non-hydrogen) atoms. The molecule has 2 aromatic carbocycles. The average molecular weight is 268 g/mol. The second-order valence-corrected chi connectivity index (χ2v) is 5.24. The van der Waals surface area contributed by atoms with Crippen LogP contribution in [0, 0.1) is 11.7 Å². The first-order valence-electron chi connectivity index (χ1n) is 6.43. The molecule has 0 fully saturated rings. The number of imidazole rings is 1. The third-order valence-corrected chi connectivity index (χ3v) is 3.95. The topological polar surface area (TPSA) is 20.7 Å². The normalized spacial score (nSPS) is 12.7. The molecule has 0 aliphatic rings. The van der Waals surface area contributed by atoms with Crippen LogP contribution in [0.25, 0.3) is 11.0 Å². The zero-order valence-corrected chi connectivity index (χ0v) is 11.9. The van der Waals surface area contributed by atoms with Gasteiger partial charge in [0, 0.05) is 0 Å². The molecule has 3 aromatic rings. The van der Waals surface area contributed by atoms with Crippen molar-refractivity contribution in [2.45, 2.75) is 19.9 Å². The Hall–Kier alpha value is -1.87. The molecule has 0 spiro atoms. The van der Waals surface area contributed by atoms with Gasteiger partial charge in [0.2, 0.25) is 0 Å². The molecule has 2 nitrogen and oxygen atoms in total. The number of hydrogen-bond donors (Lipinski definition) is 1. The molecule has 0 saturated heterocycles. The maximum Gasteiger partial charge on any atom is 0.178 e. The number of aromatic amines is 1. The Morgan fingerprint density at radius 1 is 1.05 bits per heavy atom. The number of aryl methyl sites for hydroxylation is 1. The fourth-order valence-corrected chi connectivity index (χ4v) is 3.02. The van der Waals surface area contributed by atoms with Crippen molar-refractivity contribution in [3.8, 4) is 0 Å². The van der Waals surface area contributed by atoms with Gasteiger partial charge in [-0.25, -0.2) is 0 Å². The predicted octanol–water partition coefficient (Wildman–Crippen LogP) is 4.62. The molecule has 3 rings (SSSR count). The second kappa shape index (κ2) is 4.67. The van der Waals surface area contributed by atoms with Crippen LogP contribution in [-0.2, 0) is 0 Å². The van der Waals surface area contributed by atoms with Crippen molar-refractivity contribution >= 4 is 23.3 Å². The van der Waals surface area contributed by atoms with E-state index in [0.717, 1.165) is 15.8 Å². The molecule has 3 heteroatoms. The number of nitrogens with zero attached hydrogens (tertiary/aromatic N) is 1. The first-order chi connectivity index (χ1) is 9.18. The maximum absolute atomic E-state index is 5.48. The number of rotatable bonds is 2. The lowest BCUT2D eigenvalue weighted by atomic mass is 10.0. The van der Waals surface area contributed by atoms with Gasteiger partial charge in [0.05, 0.1) is 17.1 Å². The molecule has 1 unspecified atom stereocenters. The summed E-state index contributed by atoms with van der Waals surface area (Å²) < 4.78 is 2.96. The standard InChI is InChI=1S/C16H16N2S/c1-11-7-3-4-8-13(11)12(2)18-15-10-6-5-9-14(15)17-16(18)19/h3-10,12H,1-2H3,(H,17,19). The minimum absolute atomic E-state index is 0.227. The Morgan fingerprint density at radius 3 is 2.53 bits per heavy atom. The smallest absolute Gasteiger partial charge is 0.178 e. The Kier molecular flexibility index (Phi) is 2.99. The van der Waals surface area contributed by atoms with Crippen LogP contribution in [0.4, 0.5) is 0 Å². The van der Waals surface area contributed by atoms with Crippen LogP contribution in [0.5, 0.6) is 0 Å². The van der Waals surface area contributed by atoms with Crippen molar-refractivity contribution in [1.29, 1.82) is 0 Å². The number of nitrogens with one attached hydrogen (secondary N) is 1. The van der Waals surface area contributed by atoms with Crippen molar-refractivity contribution in [3.05, 3.63) is 64.4 Å². The zero-order valence-electron chi connectivity index (χ0n) is 11.1. The highest BCUT2D eigenvalue weighted by Gasteiger charge is 2.14. The summed E-state index contributed by atoms with van der Waals surface area (Å²) in [5, 5.41) is 0. The minimum atomic E-state index is 0.227. The van der Waals surface area contributed by atoms with E-state index in [-0.39, 0.29) is 6.04 Å². The van der Waals surface area contributed by atoms with Gasteiger partial charge in [-0.1, -0.05) is 36.4 Å². The Labute approximate surface area is 117 Å². The predicted molar refractivity (Wildman–Crippen MR) is 82.1 cm³/mol. The van der Waals surface area contributed by atoms with Crippen molar-refractivity contribution in [1.82, 2.24) is 9.55 Å². The Morgan fingerprint density at radius 2 is 1.74 bits per heavy atom. The van der Waals surface area contributed by atoms with E-state index < -0.39 is 0 Å². The third-order valence-electron chi connectivity index (χ3n) is 3.65. The summed E-state index contributed by atoms with van der Waals surface area (Å²) >= 11 is 5.48.